The molecule has 0 aromatic heterocycles. The quantitative estimate of drug-likeness (QED) is 0.598. The van der Waals surface area contributed by atoms with Gasteiger partial charge in [-0.25, -0.2) is 0 Å². The normalized spacial score (nSPS) is 14.5. The number of hydrogen-bond donors (Lipinski definition) is 1. The number of anilines is 1. The molecule has 1 aliphatic carbocycles. The van der Waals surface area contributed by atoms with Crippen molar-refractivity contribution in [2.45, 2.75) is 12.8 Å². The Morgan fingerprint density at radius 2 is 1.68 bits per heavy atom. The monoisotopic (exact) mass is 245 g/mol. The van der Waals surface area contributed by atoms with Crippen LogP contribution >= 0.6 is 0 Å². The SMILES string of the molecule is Nc1ccc(-c2ccc3c(c2)/C=C\CC#CC3)cc1. The highest BCUT2D eigenvalue weighted by molar-refractivity contribution is 5.70. The number of fused-ring (bicyclic) bond motifs is 1. The van der Waals surface area contributed by atoms with Crippen molar-refractivity contribution in [2.75, 3.05) is 5.73 Å². The van der Waals surface area contributed by atoms with Gasteiger partial charge in [0.05, 0.1) is 0 Å². The van der Waals surface area contributed by atoms with E-state index in [1.165, 1.54) is 22.3 Å². The van der Waals surface area contributed by atoms with Crippen LogP contribution in [0.15, 0.2) is 48.5 Å². The van der Waals surface area contributed by atoms with Crippen molar-refractivity contribution in [1.82, 2.24) is 0 Å². The van der Waals surface area contributed by atoms with Crippen LogP contribution in [0.25, 0.3) is 17.2 Å². The van der Waals surface area contributed by atoms with E-state index in [9.17, 15) is 0 Å². The van der Waals surface area contributed by atoms with Gasteiger partial charge in [0.1, 0.15) is 0 Å². The van der Waals surface area contributed by atoms with Crippen LogP contribution in [-0.4, -0.2) is 0 Å². The summed E-state index contributed by atoms with van der Waals surface area (Å²) >= 11 is 0. The molecule has 92 valence electrons. The zero-order chi connectivity index (χ0) is 13.1. The lowest BCUT2D eigenvalue weighted by molar-refractivity contribution is 1.28. The van der Waals surface area contributed by atoms with Crippen LogP contribution in [0, 0.1) is 11.8 Å². The van der Waals surface area contributed by atoms with Crippen LogP contribution in [-0.2, 0) is 6.42 Å². The molecule has 0 amide bonds. The second kappa shape index (κ2) is 5.04. The highest BCUT2D eigenvalue weighted by Crippen LogP contribution is 2.25. The molecule has 19 heavy (non-hydrogen) atoms. The third-order valence-electron chi connectivity index (χ3n) is 3.31. The van der Waals surface area contributed by atoms with Gasteiger partial charge in [0.15, 0.2) is 0 Å². The van der Waals surface area contributed by atoms with Gasteiger partial charge in [0, 0.05) is 18.5 Å². The number of nitrogen functional groups attached to an aromatic ring is 1. The molecule has 3 rings (SSSR count). The van der Waals surface area contributed by atoms with Gasteiger partial charge in [-0.1, -0.05) is 48.3 Å². The van der Waals surface area contributed by atoms with E-state index in [1.54, 1.807) is 0 Å². The fourth-order valence-electron chi connectivity index (χ4n) is 2.24. The van der Waals surface area contributed by atoms with Gasteiger partial charge in [-0.2, -0.15) is 0 Å². The van der Waals surface area contributed by atoms with Crippen molar-refractivity contribution in [3.63, 3.8) is 0 Å². The summed E-state index contributed by atoms with van der Waals surface area (Å²) in [5, 5.41) is 0. The summed E-state index contributed by atoms with van der Waals surface area (Å²) < 4.78 is 0. The van der Waals surface area contributed by atoms with E-state index < -0.39 is 0 Å². The van der Waals surface area contributed by atoms with Crippen LogP contribution in [0.4, 0.5) is 5.69 Å². The molecule has 1 aliphatic rings. The molecule has 0 spiro atoms. The predicted molar refractivity (Wildman–Crippen MR) is 81.4 cm³/mol. The van der Waals surface area contributed by atoms with E-state index in [0.717, 1.165) is 18.5 Å². The Kier molecular flexibility index (Phi) is 3.08. The van der Waals surface area contributed by atoms with Gasteiger partial charge in [-0.15, -0.1) is 0 Å². The van der Waals surface area contributed by atoms with Crippen LogP contribution in [0.3, 0.4) is 0 Å². The molecule has 1 heteroatoms. The van der Waals surface area contributed by atoms with E-state index >= 15 is 0 Å². The summed E-state index contributed by atoms with van der Waals surface area (Å²) in [4.78, 5) is 0. The summed E-state index contributed by atoms with van der Waals surface area (Å²) in [6.07, 6.45) is 5.97. The molecule has 2 aromatic rings. The Morgan fingerprint density at radius 1 is 0.895 bits per heavy atom. The molecular formula is C18H15N. The first kappa shape index (κ1) is 11.6. The predicted octanol–water partition coefficient (Wildman–Crippen LogP) is 3.90. The lowest BCUT2D eigenvalue weighted by Gasteiger charge is -2.08. The minimum atomic E-state index is 0.796. The first-order chi connectivity index (χ1) is 9.33. The molecule has 0 atom stereocenters. The third-order valence-corrected chi connectivity index (χ3v) is 3.31. The van der Waals surface area contributed by atoms with Gasteiger partial charge in [-0.05, 0) is 40.5 Å². The Balaban J connectivity index is 2.03. The number of nitrogens with two attached hydrogens (primary N) is 1. The molecule has 2 N–H and O–H groups in total. The summed E-state index contributed by atoms with van der Waals surface area (Å²) in [7, 11) is 0. The van der Waals surface area contributed by atoms with Crippen LogP contribution in [0.1, 0.15) is 17.5 Å². The number of rotatable bonds is 1. The second-order valence-electron chi connectivity index (χ2n) is 4.67. The van der Waals surface area contributed by atoms with E-state index in [-0.39, 0.29) is 0 Å². The maximum atomic E-state index is 5.73. The standard InChI is InChI=1S/C18H15N/c19-18-11-9-15(10-12-18)17-8-7-14-5-3-1-2-4-6-16(14)13-17/h4,6-13H,2,5,19H2/b6-4-. The van der Waals surface area contributed by atoms with Crippen molar-refractivity contribution >= 4 is 11.8 Å². The summed E-state index contributed by atoms with van der Waals surface area (Å²) in [5.41, 5.74) is 11.5. The van der Waals surface area contributed by atoms with Crippen molar-refractivity contribution in [1.29, 1.82) is 0 Å². The van der Waals surface area contributed by atoms with E-state index in [2.05, 4.69) is 54.3 Å². The number of benzene rings is 2. The van der Waals surface area contributed by atoms with Crippen LogP contribution in [0.2, 0.25) is 0 Å². The van der Waals surface area contributed by atoms with E-state index in [0.29, 0.717) is 0 Å². The zero-order valence-corrected chi connectivity index (χ0v) is 10.7. The van der Waals surface area contributed by atoms with Crippen LogP contribution < -0.4 is 5.73 Å². The molecule has 0 radical (unpaired) electrons. The molecular weight excluding hydrogens is 230 g/mol. The number of allylic oxidation sites excluding steroid dienone is 1. The highest BCUT2D eigenvalue weighted by atomic mass is 14.5. The second-order valence-corrected chi connectivity index (χ2v) is 4.67. The van der Waals surface area contributed by atoms with Gasteiger partial charge < -0.3 is 5.73 Å². The minimum Gasteiger partial charge on any atom is -0.399 e. The summed E-state index contributed by atoms with van der Waals surface area (Å²) in [6, 6.07) is 14.5. The molecule has 1 nitrogen and oxygen atoms in total. The summed E-state index contributed by atoms with van der Waals surface area (Å²) in [5.74, 6) is 6.32. The van der Waals surface area contributed by atoms with Gasteiger partial charge in [0.2, 0.25) is 0 Å². The smallest absolute Gasteiger partial charge is 0.0346 e. The van der Waals surface area contributed by atoms with Crippen molar-refractivity contribution in [3.8, 4) is 23.0 Å². The Hall–Kier alpha value is -2.46. The average Bonchev–Trinajstić information content (AvgIpc) is 2.40. The van der Waals surface area contributed by atoms with Crippen LogP contribution in [0.5, 0.6) is 0 Å². The summed E-state index contributed by atoms with van der Waals surface area (Å²) in [6.45, 7) is 0. The molecule has 0 fully saturated rings. The Bertz CT molecular complexity index is 682. The number of hydrogen-bond acceptors (Lipinski definition) is 1. The first-order valence-corrected chi connectivity index (χ1v) is 6.44. The fourth-order valence-corrected chi connectivity index (χ4v) is 2.24. The molecule has 0 saturated heterocycles. The molecule has 0 saturated carbocycles. The molecule has 0 unspecified atom stereocenters. The minimum absolute atomic E-state index is 0.796. The van der Waals surface area contributed by atoms with E-state index in [1.807, 2.05) is 12.1 Å². The lowest BCUT2D eigenvalue weighted by atomic mass is 9.96. The van der Waals surface area contributed by atoms with Crippen molar-refractivity contribution < 1.29 is 0 Å². The maximum Gasteiger partial charge on any atom is 0.0346 e. The fraction of sp³-hybridized carbons (Fsp3) is 0.111. The van der Waals surface area contributed by atoms with Gasteiger partial charge in [0.25, 0.3) is 0 Å². The van der Waals surface area contributed by atoms with Gasteiger partial charge in [-0.3, -0.25) is 0 Å². The average molecular weight is 245 g/mol. The lowest BCUT2D eigenvalue weighted by Crippen LogP contribution is -1.91. The molecule has 0 bridgehead atoms. The third kappa shape index (κ3) is 2.53. The Labute approximate surface area is 113 Å². The van der Waals surface area contributed by atoms with E-state index in [4.69, 9.17) is 5.73 Å². The highest BCUT2D eigenvalue weighted by Gasteiger charge is 2.03. The molecule has 2 aromatic carbocycles. The maximum absolute atomic E-state index is 5.73. The van der Waals surface area contributed by atoms with Gasteiger partial charge >= 0.3 is 0 Å². The first-order valence-electron chi connectivity index (χ1n) is 6.44. The largest absolute Gasteiger partial charge is 0.399 e. The van der Waals surface area contributed by atoms with Crippen molar-refractivity contribution in [3.05, 3.63) is 59.7 Å². The molecule has 0 heterocycles. The topological polar surface area (TPSA) is 26.0 Å². The molecule has 0 aliphatic heterocycles. The zero-order valence-electron chi connectivity index (χ0n) is 10.7. The Morgan fingerprint density at radius 3 is 2.53 bits per heavy atom. The van der Waals surface area contributed by atoms with Crippen molar-refractivity contribution in [2.24, 2.45) is 0 Å².